The summed E-state index contributed by atoms with van der Waals surface area (Å²) in [7, 11) is 0. The SMILES string of the molecule is C[C@@H](C[C@H]1C=C(N)NC1)Oc1ccc(C#N)cc1. The van der Waals surface area contributed by atoms with E-state index in [2.05, 4.69) is 11.4 Å². The zero-order valence-corrected chi connectivity index (χ0v) is 10.4. The molecule has 4 nitrogen and oxygen atoms in total. The summed E-state index contributed by atoms with van der Waals surface area (Å²) in [5.74, 6) is 1.98. The van der Waals surface area contributed by atoms with Crippen LogP contribution in [0.2, 0.25) is 0 Å². The smallest absolute Gasteiger partial charge is 0.119 e. The summed E-state index contributed by atoms with van der Waals surface area (Å²) in [6, 6.07) is 9.26. The molecule has 3 N–H and O–H groups in total. The standard InChI is InChI=1S/C14H17N3O/c1-10(6-12-7-14(16)17-9-12)18-13-4-2-11(8-15)3-5-13/h2-5,7,10,12,17H,6,9,16H2,1H3/t10-,12-/m0/s1. The molecule has 0 spiro atoms. The molecule has 94 valence electrons. The molecule has 0 fully saturated rings. The molecule has 2 rings (SSSR count). The first-order chi connectivity index (χ1) is 8.67. The van der Waals surface area contributed by atoms with Crippen LogP contribution in [0.4, 0.5) is 0 Å². The maximum Gasteiger partial charge on any atom is 0.119 e. The Morgan fingerprint density at radius 3 is 2.78 bits per heavy atom. The van der Waals surface area contributed by atoms with Gasteiger partial charge in [-0.15, -0.1) is 0 Å². The predicted octanol–water partition coefficient (Wildman–Crippen LogP) is 1.74. The summed E-state index contributed by atoms with van der Waals surface area (Å²) in [4.78, 5) is 0. The number of rotatable bonds is 4. The Bertz CT molecular complexity index is 473. The highest BCUT2D eigenvalue weighted by Crippen LogP contribution is 2.19. The van der Waals surface area contributed by atoms with Gasteiger partial charge in [0, 0.05) is 12.5 Å². The third-order valence-electron chi connectivity index (χ3n) is 2.94. The minimum Gasteiger partial charge on any atom is -0.491 e. The average molecular weight is 243 g/mol. The first kappa shape index (κ1) is 12.3. The second-order valence-corrected chi connectivity index (χ2v) is 4.56. The second-order valence-electron chi connectivity index (χ2n) is 4.56. The van der Waals surface area contributed by atoms with Crippen molar-refractivity contribution < 1.29 is 4.74 Å². The van der Waals surface area contributed by atoms with Crippen molar-refractivity contribution in [2.75, 3.05) is 6.54 Å². The summed E-state index contributed by atoms with van der Waals surface area (Å²) in [6.45, 7) is 2.92. The molecular weight excluding hydrogens is 226 g/mol. The van der Waals surface area contributed by atoms with Crippen LogP contribution in [0.15, 0.2) is 36.2 Å². The van der Waals surface area contributed by atoms with Gasteiger partial charge in [-0.2, -0.15) is 5.26 Å². The molecule has 0 aromatic heterocycles. The molecule has 1 aliphatic rings. The van der Waals surface area contributed by atoms with Gasteiger partial charge < -0.3 is 15.8 Å². The van der Waals surface area contributed by atoms with E-state index >= 15 is 0 Å². The lowest BCUT2D eigenvalue weighted by molar-refractivity contribution is 0.196. The van der Waals surface area contributed by atoms with Crippen LogP contribution in [0, 0.1) is 17.2 Å². The van der Waals surface area contributed by atoms with E-state index in [1.54, 1.807) is 12.1 Å². The fourth-order valence-electron chi connectivity index (χ4n) is 2.09. The van der Waals surface area contributed by atoms with E-state index in [0.717, 1.165) is 24.5 Å². The normalized spacial score (nSPS) is 19.6. The number of hydrogen-bond acceptors (Lipinski definition) is 4. The van der Waals surface area contributed by atoms with Gasteiger partial charge in [0.05, 0.1) is 23.6 Å². The van der Waals surface area contributed by atoms with Crippen LogP contribution in [-0.4, -0.2) is 12.6 Å². The van der Waals surface area contributed by atoms with E-state index in [1.807, 2.05) is 25.1 Å². The minimum atomic E-state index is 0.117. The Hall–Kier alpha value is -2.15. The maximum absolute atomic E-state index is 8.71. The van der Waals surface area contributed by atoms with Crippen molar-refractivity contribution in [3.8, 4) is 11.8 Å². The van der Waals surface area contributed by atoms with E-state index in [-0.39, 0.29) is 6.10 Å². The third kappa shape index (κ3) is 3.17. The number of benzene rings is 1. The Balaban J connectivity index is 1.87. The number of nitrogens with two attached hydrogens (primary N) is 1. The highest BCUT2D eigenvalue weighted by Gasteiger charge is 2.17. The van der Waals surface area contributed by atoms with Crippen molar-refractivity contribution in [3.05, 3.63) is 41.7 Å². The quantitative estimate of drug-likeness (QED) is 0.845. The van der Waals surface area contributed by atoms with Gasteiger partial charge in [-0.3, -0.25) is 0 Å². The van der Waals surface area contributed by atoms with Crippen LogP contribution in [0.3, 0.4) is 0 Å². The molecule has 2 atom stereocenters. The van der Waals surface area contributed by atoms with Crippen molar-refractivity contribution in [1.29, 1.82) is 5.26 Å². The van der Waals surface area contributed by atoms with Crippen LogP contribution in [0.5, 0.6) is 5.75 Å². The monoisotopic (exact) mass is 243 g/mol. The topological polar surface area (TPSA) is 71.1 Å². The van der Waals surface area contributed by atoms with E-state index in [4.69, 9.17) is 15.7 Å². The number of nitrogens with zero attached hydrogens (tertiary/aromatic N) is 1. The van der Waals surface area contributed by atoms with Crippen LogP contribution in [0.1, 0.15) is 18.9 Å². The van der Waals surface area contributed by atoms with Crippen molar-refractivity contribution in [1.82, 2.24) is 5.32 Å². The van der Waals surface area contributed by atoms with Crippen LogP contribution >= 0.6 is 0 Å². The van der Waals surface area contributed by atoms with E-state index in [1.165, 1.54) is 0 Å². The van der Waals surface area contributed by atoms with Crippen LogP contribution < -0.4 is 15.8 Å². The maximum atomic E-state index is 8.71. The first-order valence-corrected chi connectivity index (χ1v) is 6.05. The Morgan fingerprint density at radius 2 is 2.22 bits per heavy atom. The molecule has 0 radical (unpaired) electrons. The lowest BCUT2D eigenvalue weighted by Crippen LogP contribution is -2.20. The first-order valence-electron chi connectivity index (χ1n) is 6.05. The van der Waals surface area contributed by atoms with E-state index in [0.29, 0.717) is 11.5 Å². The Labute approximate surface area is 107 Å². The highest BCUT2D eigenvalue weighted by molar-refractivity contribution is 5.34. The van der Waals surface area contributed by atoms with Crippen molar-refractivity contribution in [3.63, 3.8) is 0 Å². The Kier molecular flexibility index (Phi) is 3.73. The molecule has 0 amide bonds. The molecule has 1 aliphatic heterocycles. The molecule has 4 heteroatoms. The average Bonchev–Trinajstić information content (AvgIpc) is 2.75. The van der Waals surface area contributed by atoms with Gasteiger partial charge in [0.1, 0.15) is 5.75 Å². The van der Waals surface area contributed by atoms with Gasteiger partial charge in [-0.05, 0) is 43.7 Å². The minimum absolute atomic E-state index is 0.117. The van der Waals surface area contributed by atoms with Gasteiger partial charge in [-0.25, -0.2) is 0 Å². The second kappa shape index (κ2) is 5.46. The molecule has 0 saturated heterocycles. The van der Waals surface area contributed by atoms with Gasteiger partial charge in [0.15, 0.2) is 0 Å². The van der Waals surface area contributed by atoms with Crippen LogP contribution in [0.25, 0.3) is 0 Å². The largest absolute Gasteiger partial charge is 0.491 e. The summed E-state index contributed by atoms with van der Waals surface area (Å²) >= 11 is 0. The molecule has 1 heterocycles. The molecule has 0 aliphatic carbocycles. The zero-order valence-electron chi connectivity index (χ0n) is 10.4. The van der Waals surface area contributed by atoms with Gasteiger partial charge in [0.2, 0.25) is 0 Å². The van der Waals surface area contributed by atoms with Gasteiger partial charge in [-0.1, -0.05) is 0 Å². The summed E-state index contributed by atoms with van der Waals surface area (Å²) in [5, 5.41) is 11.8. The predicted molar refractivity (Wildman–Crippen MR) is 69.6 cm³/mol. The summed E-state index contributed by atoms with van der Waals surface area (Å²) in [6.07, 6.45) is 3.08. The van der Waals surface area contributed by atoms with Gasteiger partial charge >= 0.3 is 0 Å². The lowest BCUT2D eigenvalue weighted by Gasteiger charge is -2.17. The summed E-state index contributed by atoms with van der Waals surface area (Å²) < 4.78 is 5.80. The highest BCUT2D eigenvalue weighted by atomic mass is 16.5. The summed E-state index contributed by atoms with van der Waals surface area (Å²) in [5.41, 5.74) is 6.31. The molecule has 0 bridgehead atoms. The van der Waals surface area contributed by atoms with Crippen molar-refractivity contribution >= 4 is 0 Å². The molecular formula is C14H17N3O. The molecule has 0 unspecified atom stereocenters. The number of nitrogens with one attached hydrogen (secondary N) is 1. The van der Waals surface area contributed by atoms with E-state index in [9.17, 15) is 0 Å². The zero-order chi connectivity index (χ0) is 13.0. The fourth-order valence-corrected chi connectivity index (χ4v) is 2.09. The molecule has 1 aromatic carbocycles. The Morgan fingerprint density at radius 1 is 1.50 bits per heavy atom. The number of nitriles is 1. The van der Waals surface area contributed by atoms with Gasteiger partial charge in [0.25, 0.3) is 0 Å². The number of hydrogen-bond donors (Lipinski definition) is 2. The third-order valence-corrected chi connectivity index (χ3v) is 2.94. The molecule has 18 heavy (non-hydrogen) atoms. The van der Waals surface area contributed by atoms with Crippen LogP contribution in [-0.2, 0) is 0 Å². The number of ether oxygens (including phenoxy) is 1. The lowest BCUT2D eigenvalue weighted by atomic mass is 10.0. The van der Waals surface area contributed by atoms with E-state index < -0.39 is 0 Å². The van der Waals surface area contributed by atoms with Crippen molar-refractivity contribution in [2.24, 2.45) is 11.7 Å². The molecule has 0 saturated carbocycles. The van der Waals surface area contributed by atoms with Crippen molar-refractivity contribution in [2.45, 2.75) is 19.4 Å². The molecule has 1 aromatic rings. The fraction of sp³-hybridized carbons (Fsp3) is 0.357.